The van der Waals surface area contributed by atoms with Crippen LogP contribution in [0.15, 0.2) is 24.3 Å². The molecule has 3 atom stereocenters. The molecule has 0 heterocycles. The van der Waals surface area contributed by atoms with Gasteiger partial charge in [-0.1, -0.05) is 45.0 Å². The van der Waals surface area contributed by atoms with E-state index in [-0.39, 0.29) is 18.5 Å². The van der Waals surface area contributed by atoms with Crippen LogP contribution in [0.5, 0.6) is 0 Å². The average Bonchev–Trinajstić information content (AvgIpc) is 2.78. The number of aryl methyl sites for hydroxylation is 1. The van der Waals surface area contributed by atoms with E-state index in [0.29, 0.717) is 18.4 Å². The SMILES string of the molecule is CCC(C)N(C(=O)C(CC(C)C)NC(=O)OC(C)(C)C)C(C(=O)NCC(=O)OC)c1ccccc1C. The monoisotopic (exact) mass is 505 g/mol. The first-order valence-electron chi connectivity index (χ1n) is 12.4. The van der Waals surface area contributed by atoms with Gasteiger partial charge in [0.15, 0.2) is 0 Å². The van der Waals surface area contributed by atoms with Gasteiger partial charge in [0, 0.05) is 6.04 Å². The lowest BCUT2D eigenvalue weighted by molar-refractivity contribution is -0.146. The van der Waals surface area contributed by atoms with Gasteiger partial charge >= 0.3 is 12.1 Å². The van der Waals surface area contributed by atoms with Gasteiger partial charge in [-0.15, -0.1) is 0 Å². The number of esters is 1. The molecule has 2 N–H and O–H groups in total. The van der Waals surface area contributed by atoms with Crippen molar-refractivity contribution in [3.8, 4) is 0 Å². The second-order valence-electron chi connectivity index (χ2n) is 10.4. The van der Waals surface area contributed by atoms with Crippen molar-refractivity contribution in [3.05, 3.63) is 35.4 Å². The summed E-state index contributed by atoms with van der Waals surface area (Å²) in [5.74, 6) is -1.43. The van der Waals surface area contributed by atoms with Crippen LogP contribution in [0.2, 0.25) is 0 Å². The van der Waals surface area contributed by atoms with Crippen molar-refractivity contribution in [1.82, 2.24) is 15.5 Å². The van der Waals surface area contributed by atoms with E-state index in [1.807, 2.05) is 46.8 Å². The van der Waals surface area contributed by atoms with Crippen LogP contribution in [0.1, 0.15) is 78.5 Å². The molecule has 0 aliphatic heterocycles. The van der Waals surface area contributed by atoms with E-state index in [1.165, 1.54) is 12.0 Å². The molecule has 1 aromatic rings. The molecule has 3 amide bonds. The Kier molecular flexibility index (Phi) is 11.9. The highest BCUT2D eigenvalue weighted by atomic mass is 16.6. The molecule has 0 aliphatic carbocycles. The lowest BCUT2D eigenvalue weighted by Crippen LogP contribution is -2.56. The summed E-state index contributed by atoms with van der Waals surface area (Å²) in [6, 6.07) is 5.03. The van der Waals surface area contributed by atoms with E-state index in [4.69, 9.17) is 4.74 Å². The van der Waals surface area contributed by atoms with E-state index >= 15 is 0 Å². The van der Waals surface area contributed by atoms with Crippen molar-refractivity contribution >= 4 is 23.9 Å². The highest BCUT2D eigenvalue weighted by Crippen LogP contribution is 2.29. The number of carbonyl (C=O) groups excluding carboxylic acids is 4. The first-order valence-corrected chi connectivity index (χ1v) is 12.4. The molecule has 3 unspecified atom stereocenters. The molecule has 0 aliphatic rings. The van der Waals surface area contributed by atoms with Crippen LogP contribution < -0.4 is 10.6 Å². The summed E-state index contributed by atoms with van der Waals surface area (Å²) in [7, 11) is 1.24. The van der Waals surface area contributed by atoms with Crippen LogP contribution in [0, 0.1) is 12.8 Å². The van der Waals surface area contributed by atoms with E-state index in [1.54, 1.807) is 32.9 Å². The normalized spacial score (nSPS) is 13.8. The summed E-state index contributed by atoms with van der Waals surface area (Å²) in [6.07, 6.45) is 0.224. The fraction of sp³-hybridized carbons (Fsp3) is 0.630. The minimum atomic E-state index is -1.02. The van der Waals surface area contributed by atoms with Gasteiger partial charge in [-0.05, 0) is 64.5 Å². The van der Waals surface area contributed by atoms with Gasteiger partial charge in [-0.25, -0.2) is 4.79 Å². The van der Waals surface area contributed by atoms with Crippen molar-refractivity contribution in [2.45, 2.75) is 92.0 Å². The summed E-state index contributed by atoms with van der Waals surface area (Å²) in [5.41, 5.74) is 0.718. The highest BCUT2D eigenvalue weighted by Gasteiger charge is 2.39. The molecular formula is C27H43N3O6. The zero-order valence-corrected chi connectivity index (χ0v) is 23.1. The minimum Gasteiger partial charge on any atom is -0.468 e. The van der Waals surface area contributed by atoms with Crippen LogP contribution in [0.4, 0.5) is 4.79 Å². The van der Waals surface area contributed by atoms with E-state index in [9.17, 15) is 19.2 Å². The Morgan fingerprint density at radius 1 is 1.06 bits per heavy atom. The second kappa shape index (κ2) is 13.8. The lowest BCUT2D eigenvalue weighted by Gasteiger charge is -2.39. The van der Waals surface area contributed by atoms with Gasteiger partial charge in [0.1, 0.15) is 24.2 Å². The highest BCUT2D eigenvalue weighted by molar-refractivity contribution is 5.93. The van der Waals surface area contributed by atoms with Gasteiger partial charge in [-0.2, -0.15) is 0 Å². The zero-order chi connectivity index (χ0) is 27.6. The Balaban J connectivity index is 3.53. The van der Waals surface area contributed by atoms with Gasteiger partial charge in [-0.3, -0.25) is 14.4 Å². The zero-order valence-electron chi connectivity index (χ0n) is 23.1. The third-order valence-electron chi connectivity index (χ3n) is 5.66. The number of alkyl carbamates (subject to hydrolysis) is 1. The average molecular weight is 506 g/mol. The Bertz CT molecular complexity index is 909. The van der Waals surface area contributed by atoms with Crippen LogP contribution in [-0.2, 0) is 23.9 Å². The number of amides is 3. The molecule has 202 valence electrons. The molecule has 36 heavy (non-hydrogen) atoms. The minimum absolute atomic E-state index is 0.0812. The summed E-state index contributed by atoms with van der Waals surface area (Å²) in [5, 5.41) is 5.33. The standard InChI is InChI=1S/C27H43N3O6/c1-10-19(5)30(25(33)21(15-17(2)3)29-26(34)36-27(6,7)8)23(20-14-12-11-13-18(20)4)24(32)28-16-22(31)35-9/h11-14,17,19,21,23H,10,15-16H2,1-9H3,(H,28,32)(H,29,34). The molecule has 1 rings (SSSR count). The lowest BCUT2D eigenvalue weighted by atomic mass is 9.95. The first-order chi connectivity index (χ1) is 16.7. The summed E-state index contributed by atoms with van der Waals surface area (Å²) in [4.78, 5) is 53.5. The third-order valence-corrected chi connectivity index (χ3v) is 5.66. The molecule has 9 heteroatoms. The van der Waals surface area contributed by atoms with Crippen molar-refractivity contribution < 1.29 is 28.7 Å². The van der Waals surface area contributed by atoms with Gasteiger partial charge in [0.25, 0.3) is 0 Å². The number of carbonyl (C=O) groups is 4. The van der Waals surface area contributed by atoms with E-state index < -0.39 is 41.6 Å². The van der Waals surface area contributed by atoms with Crippen molar-refractivity contribution in [3.63, 3.8) is 0 Å². The number of nitrogens with zero attached hydrogens (tertiary/aromatic N) is 1. The molecule has 0 bridgehead atoms. The molecule has 0 saturated carbocycles. The van der Waals surface area contributed by atoms with Gasteiger partial charge in [0.2, 0.25) is 11.8 Å². The second-order valence-corrected chi connectivity index (χ2v) is 10.4. The molecule has 0 spiro atoms. The van der Waals surface area contributed by atoms with Gasteiger partial charge in [0.05, 0.1) is 7.11 Å². The Hall–Kier alpha value is -3.10. The van der Waals surface area contributed by atoms with E-state index in [2.05, 4.69) is 15.4 Å². The number of ether oxygens (including phenoxy) is 2. The Labute approximate surface area is 215 Å². The Morgan fingerprint density at radius 3 is 2.17 bits per heavy atom. The largest absolute Gasteiger partial charge is 0.468 e. The molecule has 0 aromatic heterocycles. The molecular weight excluding hydrogens is 462 g/mol. The summed E-state index contributed by atoms with van der Waals surface area (Å²) in [6.45, 7) is 14.5. The summed E-state index contributed by atoms with van der Waals surface area (Å²) >= 11 is 0. The smallest absolute Gasteiger partial charge is 0.408 e. The van der Waals surface area contributed by atoms with Crippen LogP contribution in [0.25, 0.3) is 0 Å². The fourth-order valence-electron chi connectivity index (χ4n) is 3.76. The van der Waals surface area contributed by atoms with Gasteiger partial charge < -0.3 is 25.0 Å². The summed E-state index contributed by atoms with van der Waals surface area (Å²) < 4.78 is 10.1. The number of methoxy groups -OCH3 is 1. The van der Waals surface area contributed by atoms with Crippen LogP contribution in [0.3, 0.4) is 0 Å². The van der Waals surface area contributed by atoms with Crippen LogP contribution >= 0.6 is 0 Å². The quantitative estimate of drug-likeness (QED) is 0.441. The maximum Gasteiger partial charge on any atom is 0.408 e. The molecule has 0 radical (unpaired) electrons. The fourth-order valence-corrected chi connectivity index (χ4v) is 3.76. The molecule has 9 nitrogen and oxygen atoms in total. The maximum atomic E-state index is 14.1. The maximum absolute atomic E-state index is 14.1. The molecule has 0 fully saturated rings. The van der Waals surface area contributed by atoms with Crippen LogP contribution in [-0.4, -0.2) is 60.1 Å². The Morgan fingerprint density at radius 2 is 1.67 bits per heavy atom. The number of rotatable bonds is 11. The van der Waals surface area contributed by atoms with Crippen molar-refractivity contribution in [1.29, 1.82) is 0 Å². The molecule has 0 saturated heterocycles. The first kappa shape index (κ1) is 30.9. The van der Waals surface area contributed by atoms with Crippen molar-refractivity contribution in [2.24, 2.45) is 5.92 Å². The number of hydrogen-bond acceptors (Lipinski definition) is 6. The third kappa shape index (κ3) is 9.51. The predicted octanol–water partition coefficient (Wildman–Crippen LogP) is 3.89. The van der Waals surface area contributed by atoms with Crippen molar-refractivity contribution in [2.75, 3.05) is 13.7 Å². The molecule has 1 aromatic carbocycles. The number of hydrogen-bond donors (Lipinski definition) is 2. The predicted molar refractivity (Wildman–Crippen MR) is 138 cm³/mol. The number of benzene rings is 1. The number of nitrogens with one attached hydrogen (secondary N) is 2. The topological polar surface area (TPSA) is 114 Å². The van der Waals surface area contributed by atoms with E-state index in [0.717, 1.165) is 5.56 Å².